The van der Waals surface area contributed by atoms with Crippen LogP contribution < -0.4 is 16.0 Å². The number of benzene rings is 2. The van der Waals surface area contributed by atoms with Crippen molar-refractivity contribution in [1.29, 1.82) is 0 Å². The maximum atomic E-state index is 15.0. The van der Waals surface area contributed by atoms with E-state index >= 15 is 4.39 Å². The van der Waals surface area contributed by atoms with Crippen molar-refractivity contribution in [3.63, 3.8) is 0 Å². The first-order valence-electron chi connectivity index (χ1n) is 12.9. The van der Waals surface area contributed by atoms with Crippen molar-refractivity contribution in [2.75, 3.05) is 56.6 Å². The number of hydrogen-bond acceptors (Lipinski definition) is 6. The largest absolute Gasteiger partial charge is 0.383 e. The van der Waals surface area contributed by atoms with Gasteiger partial charge in [-0.25, -0.2) is 4.98 Å². The number of carbonyl (C=O) groups excluding carboxylic acids is 1. The third kappa shape index (κ3) is 4.14. The number of aromatic nitrogens is 1. The van der Waals surface area contributed by atoms with E-state index in [0.717, 1.165) is 48.6 Å². The average Bonchev–Trinajstić information content (AvgIpc) is 2.88. The minimum Gasteiger partial charge on any atom is -0.383 e. The van der Waals surface area contributed by atoms with Crippen LogP contribution in [0.2, 0.25) is 0 Å². The van der Waals surface area contributed by atoms with Crippen LogP contribution in [0.15, 0.2) is 48.5 Å². The summed E-state index contributed by atoms with van der Waals surface area (Å²) in [4.78, 5) is 21.4. The van der Waals surface area contributed by atoms with E-state index in [1.807, 2.05) is 42.5 Å². The molecular weight excluding hydrogens is 469 g/mol. The van der Waals surface area contributed by atoms with Crippen molar-refractivity contribution in [2.24, 2.45) is 0 Å². The first-order chi connectivity index (χ1) is 17.8. The van der Waals surface area contributed by atoms with Gasteiger partial charge in [0.15, 0.2) is 0 Å². The van der Waals surface area contributed by atoms with Crippen LogP contribution in [0.4, 0.5) is 15.9 Å². The van der Waals surface area contributed by atoms with Gasteiger partial charge >= 0.3 is 0 Å². The predicted molar refractivity (Wildman–Crippen MR) is 143 cm³/mol. The quantitative estimate of drug-likeness (QED) is 0.531. The zero-order chi connectivity index (χ0) is 25.7. The van der Waals surface area contributed by atoms with Gasteiger partial charge < -0.3 is 20.7 Å². The van der Waals surface area contributed by atoms with Crippen molar-refractivity contribution in [3.8, 4) is 22.3 Å². The minimum atomic E-state index is -0.597. The molecule has 0 bridgehead atoms. The molecular formula is C29H32FN5O2. The molecule has 1 aromatic heterocycles. The summed E-state index contributed by atoms with van der Waals surface area (Å²) in [6.07, 6.45) is 0. The molecule has 1 spiro atoms. The number of ether oxygens (including phenoxy) is 1. The number of piperazine rings is 1. The molecule has 7 nitrogen and oxygen atoms in total. The summed E-state index contributed by atoms with van der Waals surface area (Å²) >= 11 is 0. The van der Waals surface area contributed by atoms with Crippen LogP contribution in [0.5, 0.6) is 0 Å². The first-order valence-corrected chi connectivity index (χ1v) is 12.9. The third-order valence-corrected chi connectivity index (χ3v) is 8.08. The maximum Gasteiger partial charge on any atom is 0.251 e. The maximum absolute atomic E-state index is 15.0. The lowest BCUT2D eigenvalue weighted by atomic mass is 9.73. The van der Waals surface area contributed by atoms with Crippen molar-refractivity contribution in [1.82, 2.24) is 15.2 Å². The molecule has 37 heavy (non-hydrogen) atoms. The molecule has 8 heteroatoms. The molecule has 2 aromatic carbocycles. The van der Waals surface area contributed by atoms with Gasteiger partial charge in [-0.05, 0) is 60.9 Å². The first kappa shape index (κ1) is 23.9. The number of carbonyl (C=O) groups is 1. The molecule has 6 rings (SSSR count). The van der Waals surface area contributed by atoms with E-state index in [9.17, 15) is 4.79 Å². The van der Waals surface area contributed by atoms with E-state index < -0.39 is 5.95 Å². The van der Waals surface area contributed by atoms with Gasteiger partial charge in [-0.2, -0.15) is 4.39 Å². The summed E-state index contributed by atoms with van der Waals surface area (Å²) < 4.78 is 20.5. The molecule has 0 saturated carbocycles. The van der Waals surface area contributed by atoms with Crippen LogP contribution in [0, 0.1) is 5.95 Å². The van der Waals surface area contributed by atoms with Gasteiger partial charge in [0.25, 0.3) is 5.91 Å². The zero-order valence-electron chi connectivity index (χ0n) is 21.3. The number of fused-ring (bicyclic) bond motifs is 2. The third-order valence-electron chi connectivity index (χ3n) is 8.08. The highest BCUT2D eigenvalue weighted by Gasteiger charge is 2.45. The SMILES string of the molecule is CC(C)N1CCN(c2ccc(-c3cc(-c4ccc5c(c4)C4(CNC5=O)COC4)c(N)nc3F)cc2)CC1. The highest BCUT2D eigenvalue weighted by atomic mass is 19.1. The molecule has 0 aliphatic carbocycles. The Morgan fingerprint density at radius 1 is 0.973 bits per heavy atom. The van der Waals surface area contributed by atoms with Gasteiger partial charge in [0, 0.05) is 61.1 Å². The fourth-order valence-electron chi connectivity index (χ4n) is 5.68. The van der Waals surface area contributed by atoms with Crippen molar-refractivity contribution < 1.29 is 13.9 Å². The number of hydrogen-bond donors (Lipinski definition) is 2. The number of nitrogens with zero attached hydrogens (tertiary/aromatic N) is 3. The Kier molecular flexibility index (Phi) is 5.88. The Hall–Kier alpha value is -3.49. The number of anilines is 2. The number of pyridine rings is 1. The van der Waals surface area contributed by atoms with Crippen LogP contribution in [0.3, 0.4) is 0 Å². The fourth-order valence-corrected chi connectivity index (χ4v) is 5.68. The summed E-state index contributed by atoms with van der Waals surface area (Å²) in [5, 5.41) is 2.96. The molecule has 3 N–H and O–H groups in total. The standard InChI is InChI=1S/C29H32FN5O2/c1-18(2)34-9-11-35(12-10-34)21-6-3-19(4-7-21)23-14-24(27(31)33-26(23)30)20-5-8-22-25(13-20)29(16-37-17-29)15-32-28(22)36/h3-8,13-14,18H,9-12,15-17H2,1-2H3,(H2,31,33)(H,32,36). The van der Waals surface area contributed by atoms with E-state index in [4.69, 9.17) is 10.5 Å². The lowest BCUT2D eigenvalue weighted by Crippen LogP contribution is -2.58. The molecule has 2 saturated heterocycles. The molecule has 0 unspecified atom stereocenters. The summed E-state index contributed by atoms with van der Waals surface area (Å²) in [6.45, 7) is 10.2. The molecule has 192 valence electrons. The molecule has 3 aromatic rings. The van der Waals surface area contributed by atoms with Crippen LogP contribution in [0.25, 0.3) is 22.3 Å². The Morgan fingerprint density at radius 2 is 1.68 bits per heavy atom. The Bertz CT molecular complexity index is 1350. The fraction of sp³-hybridized carbons (Fsp3) is 0.379. The number of halogens is 1. The monoisotopic (exact) mass is 501 g/mol. The predicted octanol–water partition coefficient (Wildman–Crippen LogP) is 3.68. The smallest absolute Gasteiger partial charge is 0.251 e. The van der Waals surface area contributed by atoms with Gasteiger partial charge in [0.2, 0.25) is 5.95 Å². The molecule has 0 atom stereocenters. The molecule has 3 aliphatic heterocycles. The van der Waals surface area contributed by atoms with Crippen molar-refractivity contribution in [2.45, 2.75) is 25.3 Å². The van der Waals surface area contributed by atoms with Crippen LogP contribution in [-0.4, -0.2) is 67.8 Å². The van der Waals surface area contributed by atoms with Crippen LogP contribution in [0.1, 0.15) is 29.8 Å². The van der Waals surface area contributed by atoms with Gasteiger partial charge in [0.05, 0.1) is 18.6 Å². The molecule has 0 radical (unpaired) electrons. The van der Waals surface area contributed by atoms with E-state index in [2.05, 4.69) is 33.9 Å². The average molecular weight is 502 g/mol. The van der Waals surface area contributed by atoms with Gasteiger partial charge in [0.1, 0.15) is 5.82 Å². The zero-order valence-corrected chi connectivity index (χ0v) is 21.3. The topological polar surface area (TPSA) is 83.7 Å². The summed E-state index contributed by atoms with van der Waals surface area (Å²) in [6, 6.07) is 16.0. The number of nitrogen functional groups attached to an aromatic ring is 1. The highest BCUT2D eigenvalue weighted by Crippen LogP contribution is 2.40. The normalized spacial score (nSPS) is 19.0. The summed E-state index contributed by atoms with van der Waals surface area (Å²) in [7, 11) is 0. The van der Waals surface area contributed by atoms with Gasteiger partial charge in [-0.3, -0.25) is 9.69 Å². The summed E-state index contributed by atoms with van der Waals surface area (Å²) in [5.74, 6) is -0.559. The van der Waals surface area contributed by atoms with Crippen LogP contribution >= 0.6 is 0 Å². The Morgan fingerprint density at radius 3 is 2.32 bits per heavy atom. The second-order valence-electron chi connectivity index (χ2n) is 10.6. The van der Waals surface area contributed by atoms with Crippen molar-refractivity contribution in [3.05, 3.63) is 65.6 Å². The number of amides is 1. The second-order valence-corrected chi connectivity index (χ2v) is 10.6. The Balaban J connectivity index is 1.30. The van der Waals surface area contributed by atoms with E-state index in [-0.39, 0.29) is 17.1 Å². The van der Waals surface area contributed by atoms with Crippen LogP contribution in [-0.2, 0) is 10.2 Å². The number of rotatable bonds is 4. The lowest BCUT2D eigenvalue weighted by molar-refractivity contribution is -0.0603. The molecule has 3 aliphatic rings. The minimum absolute atomic E-state index is 0.0873. The van der Waals surface area contributed by atoms with E-state index in [1.54, 1.807) is 6.07 Å². The molecule has 4 heterocycles. The molecule has 1 amide bonds. The van der Waals surface area contributed by atoms with Gasteiger partial charge in [-0.15, -0.1) is 0 Å². The van der Waals surface area contributed by atoms with E-state index in [0.29, 0.717) is 42.5 Å². The lowest BCUT2D eigenvalue weighted by Gasteiger charge is -2.45. The molecule has 2 fully saturated rings. The van der Waals surface area contributed by atoms with Crippen molar-refractivity contribution >= 4 is 17.4 Å². The van der Waals surface area contributed by atoms with Gasteiger partial charge in [-0.1, -0.05) is 18.2 Å². The van der Waals surface area contributed by atoms with E-state index in [1.165, 1.54) is 0 Å². The number of nitrogens with two attached hydrogens (primary N) is 1. The Labute approximate surface area is 216 Å². The second kappa shape index (κ2) is 9.11. The number of nitrogens with one attached hydrogen (secondary N) is 1. The highest BCUT2D eigenvalue weighted by molar-refractivity contribution is 5.98. The summed E-state index contributed by atoms with van der Waals surface area (Å²) in [5.41, 5.74) is 11.3.